The topological polar surface area (TPSA) is 46.3 Å². The van der Waals surface area contributed by atoms with E-state index < -0.39 is 0 Å². The molecule has 3 nitrogen and oxygen atoms in total. The summed E-state index contributed by atoms with van der Waals surface area (Å²) in [6.45, 7) is 0.000579. The largest absolute Gasteiger partial charge is 0.391 e. The van der Waals surface area contributed by atoms with Gasteiger partial charge in [-0.15, -0.1) is 0 Å². The summed E-state index contributed by atoms with van der Waals surface area (Å²) in [5.74, 6) is 3.61. The molecule has 1 aromatic rings. The van der Waals surface area contributed by atoms with Gasteiger partial charge in [0.05, 0.1) is 12.2 Å². The lowest BCUT2D eigenvalue weighted by Gasteiger charge is -2.19. The van der Waals surface area contributed by atoms with Crippen molar-refractivity contribution >= 4 is 27.7 Å². The van der Waals surface area contributed by atoms with Gasteiger partial charge < -0.3 is 9.63 Å². The van der Waals surface area contributed by atoms with Crippen LogP contribution in [-0.2, 0) is 6.61 Å². The zero-order valence-corrected chi connectivity index (χ0v) is 10.1. The molecule has 0 amide bonds. The van der Waals surface area contributed by atoms with E-state index in [1.807, 2.05) is 11.8 Å². The predicted octanol–water partition coefficient (Wildman–Crippen LogP) is 2.54. The van der Waals surface area contributed by atoms with Gasteiger partial charge in [0.2, 0.25) is 0 Å². The Labute approximate surface area is 95.4 Å². The molecule has 1 N–H and O–H groups in total. The summed E-state index contributed by atoms with van der Waals surface area (Å²) < 4.78 is 5.90. The summed E-state index contributed by atoms with van der Waals surface area (Å²) in [4.78, 5) is 0. The molecule has 1 aliphatic heterocycles. The smallest absolute Gasteiger partial charge is 0.155 e. The molecule has 0 aliphatic carbocycles. The molecule has 78 valence electrons. The number of rotatable bonds is 2. The van der Waals surface area contributed by atoms with Gasteiger partial charge in [-0.1, -0.05) is 5.16 Å². The molecule has 0 radical (unpaired) electrons. The van der Waals surface area contributed by atoms with Crippen molar-refractivity contribution in [1.29, 1.82) is 0 Å². The van der Waals surface area contributed by atoms with E-state index in [2.05, 4.69) is 21.1 Å². The number of hydrogen-bond acceptors (Lipinski definition) is 4. The quantitative estimate of drug-likeness (QED) is 0.903. The number of aliphatic hydroxyl groups excluding tert-OH is 1. The first-order valence-electron chi connectivity index (χ1n) is 4.65. The molecule has 0 bridgehead atoms. The van der Waals surface area contributed by atoms with E-state index in [9.17, 15) is 5.11 Å². The average molecular weight is 278 g/mol. The predicted molar refractivity (Wildman–Crippen MR) is 59.4 cm³/mol. The first kappa shape index (κ1) is 10.5. The summed E-state index contributed by atoms with van der Waals surface area (Å²) in [5.41, 5.74) is 0.817. The van der Waals surface area contributed by atoms with E-state index in [1.54, 1.807) is 0 Å². The summed E-state index contributed by atoms with van der Waals surface area (Å²) in [6, 6.07) is 0. The molecular weight excluding hydrogens is 266 g/mol. The molecule has 1 aromatic heterocycles. The summed E-state index contributed by atoms with van der Waals surface area (Å²) in [5, 5.41) is 13.0. The average Bonchev–Trinajstić information content (AvgIpc) is 2.61. The van der Waals surface area contributed by atoms with Gasteiger partial charge in [0.1, 0.15) is 5.76 Å². The highest BCUT2D eigenvalue weighted by Gasteiger charge is 2.24. The van der Waals surface area contributed by atoms with E-state index in [0.717, 1.165) is 23.5 Å². The molecular formula is C9H12BrNO2S. The van der Waals surface area contributed by atoms with Crippen LogP contribution in [0.4, 0.5) is 0 Å². The number of aromatic nitrogens is 1. The molecule has 5 heteroatoms. The van der Waals surface area contributed by atoms with E-state index in [0.29, 0.717) is 10.5 Å². The van der Waals surface area contributed by atoms with Crippen LogP contribution in [-0.4, -0.2) is 21.8 Å². The van der Waals surface area contributed by atoms with Crippen molar-refractivity contribution in [2.45, 2.75) is 25.4 Å². The number of hydrogen-bond donors (Lipinski definition) is 1. The molecule has 1 saturated heterocycles. The molecule has 0 saturated carbocycles. The number of halogens is 1. The minimum atomic E-state index is 0.000579. The van der Waals surface area contributed by atoms with Crippen LogP contribution >= 0.6 is 27.7 Å². The van der Waals surface area contributed by atoms with Crippen molar-refractivity contribution in [3.05, 3.63) is 15.9 Å². The Morgan fingerprint density at radius 1 is 1.64 bits per heavy atom. The van der Waals surface area contributed by atoms with Gasteiger partial charge in [-0.2, -0.15) is 11.8 Å². The highest BCUT2D eigenvalue weighted by Crippen LogP contribution is 2.35. The lowest BCUT2D eigenvalue weighted by molar-refractivity contribution is 0.274. The second-order valence-corrected chi connectivity index (χ2v) is 5.29. The lowest BCUT2D eigenvalue weighted by atomic mass is 10.00. The second kappa shape index (κ2) is 4.68. The van der Waals surface area contributed by atoms with Crippen LogP contribution in [0.15, 0.2) is 9.13 Å². The molecule has 1 aliphatic rings. The fraction of sp³-hybridized carbons (Fsp3) is 0.667. The van der Waals surface area contributed by atoms with Gasteiger partial charge in [-0.05, 0) is 34.5 Å². The van der Waals surface area contributed by atoms with Gasteiger partial charge in [-0.3, -0.25) is 0 Å². The molecule has 2 heterocycles. The van der Waals surface area contributed by atoms with Crippen LogP contribution in [0, 0.1) is 0 Å². The molecule has 1 unspecified atom stereocenters. The standard InChI is InChI=1S/C9H12BrNO2S/c10-9-7(4-12)8(13-11-9)6-2-1-3-14-5-6/h6,12H,1-5H2. The Bertz CT molecular complexity index is 310. The third kappa shape index (κ3) is 1.99. The third-order valence-corrected chi connectivity index (χ3v) is 4.30. The SMILES string of the molecule is OCc1c(Br)noc1C1CCCSC1. The van der Waals surface area contributed by atoms with E-state index in [-0.39, 0.29) is 6.61 Å². The van der Waals surface area contributed by atoms with Crippen molar-refractivity contribution in [3.8, 4) is 0 Å². The molecule has 1 fully saturated rings. The van der Waals surface area contributed by atoms with Gasteiger partial charge >= 0.3 is 0 Å². The van der Waals surface area contributed by atoms with Crippen molar-refractivity contribution < 1.29 is 9.63 Å². The maximum Gasteiger partial charge on any atom is 0.155 e. The van der Waals surface area contributed by atoms with Gasteiger partial charge in [0, 0.05) is 11.7 Å². The van der Waals surface area contributed by atoms with Crippen molar-refractivity contribution in [1.82, 2.24) is 5.16 Å². The first-order valence-corrected chi connectivity index (χ1v) is 6.60. The number of nitrogens with zero attached hydrogens (tertiary/aromatic N) is 1. The third-order valence-electron chi connectivity index (χ3n) is 2.46. The summed E-state index contributed by atoms with van der Waals surface area (Å²) >= 11 is 5.21. The maximum absolute atomic E-state index is 9.18. The van der Waals surface area contributed by atoms with Gasteiger partial charge in [0.15, 0.2) is 4.60 Å². The Morgan fingerprint density at radius 2 is 2.50 bits per heavy atom. The van der Waals surface area contributed by atoms with Crippen molar-refractivity contribution in [2.24, 2.45) is 0 Å². The van der Waals surface area contributed by atoms with Crippen LogP contribution in [0.3, 0.4) is 0 Å². The minimum absolute atomic E-state index is 0.000579. The van der Waals surface area contributed by atoms with Crippen LogP contribution in [0.25, 0.3) is 0 Å². The molecule has 14 heavy (non-hydrogen) atoms. The highest BCUT2D eigenvalue weighted by atomic mass is 79.9. The number of thioether (sulfide) groups is 1. The normalized spacial score (nSPS) is 22.6. The monoisotopic (exact) mass is 277 g/mol. The zero-order chi connectivity index (χ0) is 9.97. The zero-order valence-electron chi connectivity index (χ0n) is 7.70. The van der Waals surface area contributed by atoms with Crippen LogP contribution in [0.2, 0.25) is 0 Å². The molecule has 0 aromatic carbocycles. The van der Waals surface area contributed by atoms with Gasteiger partial charge in [0.25, 0.3) is 0 Å². The van der Waals surface area contributed by atoms with E-state index >= 15 is 0 Å². The van der Waals surface area contributed by atoms with Crippen LogP contribution < -0.4 is 0 Å². The second-order valence-electron chi connectivity index (χ2n) is 3.39. The van der Waals surface area contributed by atoms with Crippen LogP contribution in [0.5, 0.6) is 0 Å². The summed E-state index contributed by atoms with van der Waals surface area (Å²) in [7, 11) is 0. The Morgan fingerprint density at radius 3 is 3.14 bits per heavy atom. The molecule has 0 spiro atoms. The fourth-order valence-electron chi connectivity index (χ4n) is 1.71. The maximum atomic E-state index is 9.18. The summed E-state index contributed by atoms with van der Waals surface area (Å²) in [6.07, 6.45) is 2.36. The lowest BCUT2D eigenvalue weighted by Crippen LogP contribution is -2.09. The Balaban J connectivity index is 2.21. The Kier molecular flexibility index (Phi) is 3.52. The van der Waals surface area contributed by atoms with E-state index in [1.165, 1.54) is 12.2 Å². The molecule has 1 atom stereocenters. The Hall–Kier alpha value is -0.000000000000000111. The van der Waals surface area contributed by atoms with Crippen molar-refractivity contribution in [3.63, 3.8) is 0 Å². The minimum Gasteiger partial charge on any atom is -0.391 e. The fourth-order valence-corrected chi connectivity index (χ4v) is 3.25. The number of aliphatic hydroxyl groups is 1. The van der Waals surface area contributed by atoms with Gasteiger partial charge in [-0.25, -0.2) is 0 Å². The van der Waals surface area contributed by atoms with E-state index in [4.69, 9.17) is 4.52 Å². The highest BCUT2D eigenvalue weighted by molar-refractivity contribution is 9.10. The molecule has 2 rings (SSSR count). The first-order chi connectivity index (χ1) is 6.83. The van der Waals surface area contributed by atoms with Crippen LogP contribution in [0.1, 0.15) is 30.1 Å². The van der Waals surface area contributed by atoms with Crippen molar-refractivity contribution in [2.75, 3.05) is 11.5 Å².